The number of thioether (sulfide) groups is 1. The maximum atomic E-state index is 12.6. The first kappa shape index (κ1) is 19.3. The van der Waals surface area contributed by atoms with Gasteiger partial charge in [-0.1, -0.05) is 17.8 Å². The van der Waals surface area contributed by atoms with Crippen LogP contribution in [0.1, 0.15) is 44.9 Å². The van der Waals surface area contributed by atoms with Gasteiger partial charge in [0.15, 0.2) is 5.16 Å². The Morgan fingerprint density at radius 2 is 2.00 bits per heavy atom. The molecule has 1 heterocycles. The molecule has 0 aliphatic carbocycles. The summed E-state index contributed by atoms with van der Waals surface area (Å²) in [4.78, 5) is 17.3. The fraction of sp³-hybridized carbons (Fsp3) is 0.529. The second-order valence-electron chi connectivity index (χ2n) is 6.93. The highest BCUT2D eigenvalue weighted by Gasteiger charge is 2.29. The first-order chi connectivity index (χ1) is 11.1. The number of aryl methyl sites for hydroxylation is 1. The number of nitrogens with zero attached hydrogens (tertiary/aromatic N) is 2. The predicted molar refractivity (Wildman–Crippen MR) is 103 cm³/mol. The van der Waals surface area contributed by atoms with Gasteiger partial charge in [0.2, 0.25) is 0 Å². The van der Waals surface area contributed by atoms with E-state index in [1.165, 1.54) is 11.8 Å². The van der Waals surface area contributed by atoms with E-state index in [-0.39, 0.29) is 16.3 Å². The SMILES string of the molecule is CSc1nc2c([C@@H](C)N[S+]([O-])C(C)(C)C)cc(C)cc2c(=O)n1C. The van der Waals surface area contributed by atoms with Gasteiger partial charge in [-0.2, -0.15) is 0 Å². The Labute approximate surface area is 150 Å². The normalized spacial score (nSPS) is 14.8. The van der Waals surface area contributed by atoms with E-state index in [0.717, 1.165) is 11.1 Å². The maximum Gasteiger partial charge on any atom is 0.261 e. The summed E-state index contributed by atoms with van der Waals surface area (Å²) >= 11 is 0.238. The van der Waals surface area contributed by atoms with Crippen molar-refractivity contribution in [2.24, 2.45) is 7.05 Å². The molecule has 2 rings (SSSR count). The Kier molecular flexibility index (Phi) is 5.69. The minimum absolute atomic E-state index is 0.0570. The molecule has 0 fully saturated rings. The van der Waals surface area contributed by atoms with Crippen LogP contribution in [0.3, 0.4) is 0 Å². The van der Waals surface area contributed by atoms with Crippen molar-refractivity contribution in [2.75, 3.05) is 6.26 Å². The summed E-state index contributed by atoms with van der Waals surface area (Å²) in [5.74, 6) is 0. The molecule has 0 amide bonds. The number of rotatable bonds is 4. The molecular formula is C17H25N3O2S2. The fourth-order valence-corrected chi connectivity index (χ4v) is 3.79. The van der Waals surface area contributed by atoms with Crippen LogP contribution in [-0.4, -0.2) is 25.1 Å². The standard InChI is InChI=1S/C17H25N3O2S2/c1-10-8-12(11(2)19-24(22)17(3,4)5)14-13(9-10)15(21)20(6)16(18-14)23-7/h8-9,11,19H,1-7H3/t11-,24?/m1/s1. The molecule has 0 spiro atoms. The zero-order chi connectivity index (χ0) is 18.2. The first-order valence-corrected chi connectivity index (χ1v) is 10.2. The lowest BCUT2D eigenvalue weighted by molar-refractivity contribution is 0.531. The Bertz CT molecular complexity index is 812. The van der Waals surface area contributed by atoms with Gasteiger partial charge in [0, 0.05) is 24.0 Å². The van der Waals surface area contributed by atoms with Crippen LogP contribution in [-0.2, 0) is 18.4 Å². The average molecular weight is 368 g/mol. The van der Waals surface area contributed by atoms with E-state index in [1.807, 2.05) is 53.0 Å². The summed E-state index contributed by atoms with van der Waals surface area (Å²) in [5, 5.41) is 1.27. The van der Waals surface area contributed by atoms with E-state index < -0.39 is 11.4 Å². The monoisotopic (exact) mass is 367 g/mol. The molecule has 0 radical (unpaired) electrons. The third-order valence-corrected chi connectivity index (χ3v) is 6.21. The van der Waals surface area contributed by atoms with E-state index in [0.29, 0.717) is 16.1 Å². The highest BCUT2D eigenvalue weighted by atomic mass is 32.2. The van der Waals surface area contributed by atoms with Crippen molar-refractivity contribution in [2.45, 2.75) is 50.6 Å². The molecule has 2 atom stereocenters. The molecule has 132 valence electrons. The minimum atomic E-state index is -1.20. The summed E-state index contributed by atoms with van der Waals surface area (Å²) in [7, 11) is 1.74. The van der Waals surface area contributed by atoms with Gasteiger partial charge < -0.3 is 4.55 Å². The largest absolute Gasteiger partial charge is 0.598 e. The summed E-state index contributed by atoms with van der Waals surface area (Å²) in [6.07, 6.45) is 1.90. The second-order valence-corrected chi connectivity index (χ2v) is 9.70. The maximum absolute atomic E-state index is 12.6. The number of benzene rings is 1. The molecule has 0 saturated carbocycles. The molecule has 1 aromatic heterocycles. The highest BCUT2D eigenvalue weighted by Crippen LogP contribution is 2.26. The molecule has 5 nitrogen and oxygen atoms in total. The van der Waals surface area contributed by atoms with E-state index in [4.69, 9.17) is 0 Å². The van der Waals surface area contributed by atoms with Crippen LogP contribution in [0.4, 0.5) is 0 Å². The molecule has 0 aliphatic rings. The zero-order valence-electron chi connectivity index (χ0n) is 15.3. The molecule has 1 aromatic carbocycles. The Morgan fingerprint density at radius 3 is 2.54 bits per heavy atom. The first-order valence-electron chi connectivity index (χ1n) is 7.79. The van der Waals surface area contributed by atoms with Crippen LogP contribution in [0.2, 0.25) is 0 Å². The molecule has 0 bridgehead atoms. The summed E-state index contributed by atoms with van der Waals surface area (Å²) in [6, 6.07) is 3.70. The molecule has 0 saturated heterocycles. The molecule has 24 heavy (non-hydrogen) atoms. The second kappa shape index (κ2) is 7.07. The van der Waals surface area contributed by atoms with Gasteiger partial charge in [-0.05, 0) is 52.5 Å². The number of hydrogen-bond donors (Lipinski definition) is 1. The van der Waals surface area contributed by atoms with Crippen LogP contribution in [0, 0.1) is 6.92 Å². The quantitative estimate of drug-likeness (QED) is 0.511. The van der Waals surface area contributed by atoms with Crippen molar-refractivity contribution in [1.82, 2.24) is 14.3 Å². The highest BCUT2D eigenvalue weighted by molar-refractivity contribution is 7.98. The Hall–Kier alpha value is -1.02. The summed E-state index contributed by atoms with van der Waals surface area (Å²) in [6.45, 7) is 9.69. The van der Waals surface area contributed by atoms with Gasteiger partial charge in [-0.15, -0.1) is 4.72 Å². The number of fused-ring (bicyclic) bond motifs is 1. The predicted octanol–water partition coefficient (Wildman–Crippen LogP) is 3.08. The van der Waals surface area contributed by atoms with Crippen LogP contribution in [0.15, 0.2) is 22.1 Å². The fourth-order valence-electron chi connectivity index (χ4n) is 2.45. The number of aromatic nitrogens is 2. The average Bonchev–Trinajstić information content (AvgIpc) is 2.49. The summed E-state index contributed by atoms with van der Waals surface area (Å²) in [5.41, 5.74) is 2.51. The van der Waals surface area contributed by atoms with E-state index >= 15 is 0 Å². The van der Waals surface area contributed by atoms with Gasteiger partial charge in [-0.3, -0.25) is 9.36 Å². The topological polar surface area (TPSA) is 70.0 Å². The van der Waals surface area contributed by atoms with Crippen molar-refractivity contribution < 1.29 is 4.55 Å². The number of hydrogen-bond acceptors (Lipinski definition) is 5. The van der Waals surface area contributed by atoms with Crippen LogP contribution >= 0.6 is 11.8 Å². The van der Waals surface area contributed by atoms with Crippen molar-refractivity contribution in [1.29, 1.82) is 0 Å². The van der Waals surface area contributed by atoms with Gasteiger partial charge >= 0.3 is 0 Å². The molecular weight excluding hydrogens is 342 g/mol. The number of nitrogens with one attached hydrogen (secondary N) is 1. The van der Waals surface area contributed by atoms with E-state index in [9.17, 15) is 9.35 Å². The molecule has 0 aliphatic heterocycles. The summed E-state index contributed by atoms with van der Waals surface area (Å²) < 4.78 is 16.8. The van der Waals surface area contributed by atoms with Crippen LogP contribution < -0.4 is 10.3 Å². The molecule has 7 heteroatoms. The van der Waals surface area contributed by atoms with Gasteiger partial charge in [0.1, 0.15) is 4.75 Å². The van der Waals surface area contributed by atoms with Crippen molar-refractivity contribution in [3.63, 3.8) is 0 Å². The van der Waals surface area contributed by atoms with Gasteiger partial charge in [0.25, 0.3) is 5.56 Å². The van der Waals surface area contributed by atoms with E-state index in [1.54, 1.807) is 11.6 Å². The van der Waals surface area contributed by atoms with Crippen molar-refractivity contribution >= 4 is 34.0 Å². The van der Waals surface area contributed by atoms with Crippen LogP contribution in [0.25, 0.3) is 10.9 Å². The van der Waals surface area contributed by atoms with Gasteiger partial charge in [-0.25, -0.2) is 4.98 Å². The molecule has 1 unspecified atom stereocenters. The van der Waals surface area contributed by atoms with Crippen molar-refractivity contribution in [3.05, 3.63) is 33.6 Å². The molecule has 1 N–H and O–H groups in total. The lowest BCUT2D eigenvalue weighted by atomic mass is 10.0. The minimum Gasteiger partial charge on any atom is -0.598 e. The Balaban J connectivity index is 2.61. The third kappa shape index (κ3) is 3.79. The van der Waals surface area contributed by atoms with E-state index in [2.05, 4.69) is 9.71 Å². The third-order valence-electron chi connectivity index (χ3n) is 3.80. The lowest BCUT2D eigenvalue weighted by Crippen LogP contribution is -2.40. The smallest absolute Gasteiger partial charge is 0.261 e. The van der Waals surface area contributed by atoms with Gasteiger partial charge in [0.05, 0.1) is 16.9 Å². The Morgan fingerprint density at radius 1 is 1.38 bits per heavy atom. The molecule has 2 aromatic rings. The lowest BCUT2D eigenvalue weighted by Gasteiger charge is -2.27. The van der Waals surface area contributed by atoms with Crippen LogP contribution in [0.5, 0.6) is 0 Å². The van der Waals surface area contributed by atoms with Crippen molar-refractivity contribution in [3.8, 4) is 0 Å². The zero-order valence-corrected chi connectivity index (χ0v) is 16.9.